The summed E-state index contributed by atoms with van der Waals surface area (Å²) in [5, 5.41) is 9.13. The maximum absolute atomic E-state index is 12.9. The molecule has 0 aliphatic heterocycles. The first-order valence-electron chi connectivity index (χ1n) is 5.64. The van der Waals surface area contributed by atoms with Gasteiger partial charge in [0.1, 0.15) is 12.4 Å². The topological polar surface area (TPSA) is 33.0 Å². The van der Waals surface area contributed by atoms with E-state index in [1.165, 1.54) is 6.07 Å². The lowest BCUT2D eigenvalue weighted by Crippen LogP contribution is -2.23. The molecule has 2 nitrogen and oxygen atoms in total. The van der Waals surface area contributed by atoms with Crippen molar-refractivity contribution in [3.8, 4) is 11.8 Å². The van der Waals surface area contributed by atoms with Gasteiger partial charge in [0.25, 0.3) is 0 Å². The van der Waals surface area contributed by atoms with Crippen LogP contribution in [-0.2, 0) is 0 Å². The summed E-state index contributed by atoms with van der Waals surface area (Å²) in [5.41, 5.74) is -0.454. The highest BCUT2D eigenvalue weighted by Crippen LogP contribution is 2.37. The first-order valence-corrected chi connectivity index (χ1v) is 5.64. The van der Waals surface area contributed by atoms with Crippen LogP contribution >= 0.6 is 0 Å². The molecule has 0 unspecified atom stereocenters. The highest BCUT2D eigenvalue weighted by molar-refractivity contribution is 5.24. The molecule has 0 amide bonds. The van der Waals surface area contributed by atoms with Gasteiger partial charge in [-0.05, 0) is 25.0 Å². The van der Waals surface area contributed by atoms with Gasteiger partial charge < -0.3 is 4.74 Å². The molecule has 0 heterocycles. The van der Waals surface area contributed by atoms with Crippen molar-refractivity contribution in [1.82, 2.24) is 0 Å². The van der Waals surface area contributed by atoms with Crippen LogP contribution in [-0.4, -0.2) is 6.61 Å². The minimum atomic E-state index is -0.931. The quantitative estimate of drug-likeness (QED) is 0.806. The van der Waals surface area contributed by atoms with Crippen LogP contribution in [0.15, 0.2) is 18.2 Å². The molecule has 1 aromatic carbocycles. The molecule has 0 N–H and O–H groups in total. The monoisotopic (exact) mass is 237 g/mol. The van der Waals surface area contributed by atoms with Crippen LogP contribution in [0.25, 0.3) is 0 Å². The molecule has 0 radical (unpaired) electrons. The zero-order chi connectivity index (χ0) is 12.3. The number of halogens is 2. The van der Waals surface area contributed by atoms with Crippen molar-refractivity contribution in [2.45, 2.75) is 25.7 Å². The van der Waals surface area contributed by atoms with Gasteiger partial charge in [-0.2, -0.15) is 5.26 Å². The second kappa shape index (κ2) is 4.70. The third-order valence-corrected chi connectivity index (χ3v) is 3.20. The summed E-state index contributed by atoms with van der Waals surface area (Å²) in [7, 11) is 0. The molecule has 1 aromatic rings. The molecule has 0 bridgehead atoms. The van der Waals surface area contributed by atoms with Crippen molar-refractivity contribution in [1.29, 1.82) is 5.26 Å². The van der Waals surface area contributed by atoms with E-state index in [4.69, 9.17) is 10.00 Å². The lowest BCUT2D eigenvalue weighted by atomic mass is 9.89. The smallest absolute Gasteiger partial charge is 0.162 e. The Balaban J connectivity index is 2.02. The van der Waals surface area contributed by atoms with E-state index in [0.29, 0.717) is 0 Å². The summed E-state index contributed by atoms with van der Waals surface area (Å²) in [6.45, 7) is 0.245. The highest BCUT2D eigenvalue weighted by Gasteiger charge is 2.34. The van der Waals surface area contributed by atoms with Gasteiger partial charge in [-0.15, -0.1) is 0 Å². The standard InChI is InChI=1S/C13H13F2NO/c14-11-4-3-10(7-12(11)15)17-9-13(8-16)5-1-2-6-13/h3-4,7H,1-2,5-6,9H2. The molecule has 2 rings (SSSR count). The summed E-state index contributed by atoms with van der Waals surface area (Å²) >= 11 is 0. The first kappa shape index (κ1) is 11.8. The van der Waals surface area contributed by atoms with Crippen LogP contribution in [0.5, 0.6) is 5.75 Å². The molecule has 90 valence electrons. The number of ether oxygens (including phenoxy) is 1. The third-order valence-electron chi connectivity index (χ3n) is 3.20. The van der Waals surface area contributed by atoms with Crippen LogP contribution in [0.2, 0.25) is 0 Å². The van der Waals surface area contributed by atoms with Crippen LogP contribution in [0.4, 0.5) is 8.78 Å². The van der Waals surface area contributed by atoms with Crippen molar-refractivity contribution in [3.63, 3.8) is 0 Å². The maximum Gasteiger partial charge on any atom is 0.162 e. The van der Waals surface area contributed by atoms with Gasteiger partial charge in [0.05, 0.1) is 11.5 Å². The van der Waals surface area contributed by atoms with E-state index in [2.05, 4.69) is 6.07 Å². The second-order valence-electron chi connectivity index (χ2n) is 4.46. The Bertz CT molecular complexity index is 447. The van der Waals surface area contributed by atoms with E-state index in [1.54, 1.807) is 0 Å². The Kier molecular flexibility index (Phi) is 3.28. The predicted molar refractivity (Wildman–Crippen MR) is 58.4 cm³/mol. The molecule has 0 saturated heterocycles. The molecule has 4 heteroatoms. The fraction of sp³-hybridized carbons (Fsp3) is 0.462. The Hall–Kier alpha value is -1.63. The zero-order valence-corrected chi connectivity index (χ0v) is 9.38. The lowest BCUT2D eigenvalue weighted by molar-refractivity contribution is 0.200. The molecular formula is C13H13F2NO. The van der Waals surface area contributed by atoms with Crippen molar-refractivity contribution in [2.24, 2.45) is 5.41 Å². The van der Waals surface area contributed by atoms with Crippen LogP contribution < -0.4 is 4.74 Å². The van der Waals surface area contributed by atoms with Crippen molar-refractivity contribution in [2.75, 3.05) is 6.61 Å². The molecule has 1 fully saturated rings. The predicted octanol–water partition coefficient (Wildman–Crippen LogP) is 3.43. The number of benzene rings is 1. The molecule has 0 spiro atoms. The number of nitriles is 1. The van der Waals surface area contributed by atoms with Gasteiger partial charge >= 0.3 is 0 Å². The van der Waals surface area contributed by atoms with Crippen LogP contribution in [0.1, 0.15) is 25.7 Å². The number of rotatable bonds is 3. The highest BCUT2D eigenvalue weighted by atomic mass is 19.2. The van der Waals surface area contributed by atoms with Gasteiger partial charge in [0.2, 0.25) is 0 Å². The Morgan fingerprint density at radius 3 is 2.53 bits per heavy atom. The molecule has 1 saturated carbocycles. The molecule has 0 aromatic heterocycles. The van der Waals surface area contributed by atoms with Crippen molar-refractivity contribution < 1.29 is 13.5 Å². The molecule has 1 aliphatic carbocycles. The van der Waals surface area contributed by atoms with Gasteiger partial charge in [0, 0.05) is 6.07 Å². The number of hydrogen-bond donors (Lipinski definition) is 0. The van der Waals surface area contributed by atoms with Crippen molar-refractivity contribution >= 4 is 0 Å². The second-order valence-corrected chi connectivity index (χ2v) is 4.46. The van der Waals surface area contributed by atoms with Gasteiger partial charge in [-0.25, -0.2) is 8.78 Å². The largest absolute Gasteiger partial charge is 0.492 e. The van der Waals surface area contributed by atoms with E-state index in [1.807, 2.05) is 0 Å². The maximum atomic E-state index is 12.9. The summed E-state index contributed by atoms with van der Waals surface area (Å²) in [5.74, 6) is -1.56. The van der Waals surface area contributed by atoms with Crippen LogP contribution in [0, 0.1) is 28.4 Å². The van der Waals surface area contributed by atoms with E-state index in [-0.39, 0.29) is 12.4 Å². The van der Waals surface area contributed by atoms with Gasteiger partial charge in [0.15, 0.2) is 11.6 Å². The lowest BCUT2D eigenvalue weighted by Gasteiger charge is -2.20. The molecular weight excluding hydrogens is 224 g/mol. The molecule has 1 aliphatic rings. The molecule has 17 heavy (non-hydrogen) atoms. The summed E-state index contributed by atoms with van der Waals surface area (Å²) in [4.78, 5) is 0. The fourth-order valence-electron chi connectivity index (χ4n) is 2.13. The summed E-state index contributed by atoms with van der Waals surface area (Å²) in [6.07, 6.45) is 3.67. The Morgan fingerprint density at radius 2 is 1.94 bits per heavy atom. The number of nitrogens with zero attached hydrogens (tertiary/aromatic N) is 1. The summed E-state index contributed by atoms with van der Waals surface area (Å²) in [6, 6.07) is 5.69. The first-order chi connectivity index (χ1) is 8.15. The normalized spacial score (nSPS) is 17.7. The number of hydrogen-bond acceptors (Lipinski definition) is 2. The Labute approximate surface area is 98.8 Å². The SMILES string of the molecule is N#CC1(COc2ccc(F)c(F)c2)CCCC1. The van der Waals surface area contributed by atoms with E-state index in [9.17, 15) is 8.78 Å². The van der Waals surface area contributed by atoms with Gasteiger partial charge in [-0.1, -0.05) is 12.8 Å². The average molecular weight is 237 g/mol. The van der Waals surface area contributed by atoms with Crippen molar-refractivity contribution in [3.05, 3.63) is 29.8 Å². The van der Waals surface area contributed by atoms with Crippen LogP contribution in [0.3, 0.4) is 0 Å². The summed E-state index contributed by atoms with van der Waals surface area (Å²) < 4.78 is 31.0. The van der Waals surface area contributed by atoms with E-state index < -0.39 is 17.0 Å². The van der Waals surface area contributed by atoms with E-state index >= 15 is 0 Å². The average Bonchev–Trinajstić information content (AvgIpc) is 2.80. The van der Waals surface area contributed by atoms with E-state index in [0.717, 1.165) is 37.8 Å². The minimum Gasteiger partial charge on any atom is -0.492 e. The van der Waals surface area contributed by atoms with Gasteiger partial charge in [-0.3, -0.25) is 0 Å². The third kappa shape index (κ3) is 2.55. The zero-order valence-electron chi connectivity index (χ0n) is 9.38. The Morgan fingerprint density at radius 1 is 1.24 bits per heavy atom. The fourth-order valence-corrected chi connectivity index (χ4v) is 2.13. The molecule has 0 atom stereocenters. The minimum absolute atomic E-state index is 0.245.